The van der Waals surface area contributed by atoms with Crippen LogP contribution < -0.4 is 10.1 Å². The smallest absolute Gasteiger partial charge is 0.416 e. The van der Waals surface area contributed by atoms with E-state index in [1.54, 1.807) is 36.7 Å². The predicted octanol–water partition coefficient (Wildman–Crippen LogP) is 4.82. The summed E-state index contributed by atoms with van der Waals surface area (Å²) in [6, 6.07) is 14.4. The van der Waals surface area contributed by atoms with Gasteiger partial charge in [0.25, 0.3) is 5.91 Å². The Kier molecular flexibility index (Phi) is 5.40. The van der Waals surface area contributed by atoms with Crippen LogP contribution in [-0.4, -0.2) is 10.9 Å². The second-order valence-corrected chi connectivity index (χ2v) is 5.70. The number of carbonyl (C=O) groups excluding carboxylic acids is 1. The van der Waals surface area contributed by atoms with E-state index in [1.165, 1.54) is 18.2 Å². The van der Waals surface area contributed by atoms with Crippen molar-refractivity contribution in [3.8, 4) is 11.5 Å². The van der Waals surface area contributed by atoms with E-state index in [4.69, 9.17) is 4.74 Å². The summed E-state index contributed by atoms with van der Waals surface area (Å²) in [6.07, 6.45) is -1.17. The molecule has 1 amide bonds. The van der Waals surface area contributed by atoms with E-state index in [2.05, 4.69) is 10.3 Å². The van der Waals surface area contributed by atoms with Crippen molar-refractivity contribution in [2.45, 2.75) is 12.7 Å². The maximum atomic E-state index is 12.8. The average Bonchev–Trinajstić information content (AvgIpc) is 2.67. The molecule has 3 rings (SSSR count). The first-order valence-corrected chi connectivity index (χ1v) is 8.04. The number of halogens is 3. The van der Waals surface area contributed by atoms with E-state index >= 15 is 0 Å². The first kappa shape index (κ1) is 18.4. The van der Waals surface area contributed by atoms with Crippen LogP contribution in [0.5, 0.6) is 11.5 Å². The highest BCUT2D eigenvalue weighted by Crippen LogP contribution is 2.32. The Bertz CT molecular complexity index is 928. The van der Waals surface area contributed by atoms with Crippen molar-refractivity contribution < 1.29 is 22.7 Å². The van der Waals surface area contributed by atoms with Gasteiger partial charge in [0, 0.05) is 24.5 Å². The number of nitrogens with one attached hydrogen (secondary N) is 1. The third-order valence-corrected chi connectivity index (χ3v) is 3.67. The Balaban J connectivity index is 1.69. The molecule has 0 saturated heterocycles. The van der Waals surface area contributed by atoms with Crippen molar-refractivity contribution in [3.63, 3.8) is 0 Å². The lowest BCUT2D eigenvalue weighted by Crippen LogP contribution is -2.22. The average molecular weight is 372 g/mol. The zero-order valence-electron chi connectivity index (χ0n) is 14.0. The molecule has 4 nitrogen and oxygen atoms in total. The topological polar surface area (TPSA) is 51.2 Å². The van der Waals surface area contributed by atoms with Crippen LogP contribution in [0, 0.1) is 0 Å². The lowest BCUT2D eigenvalue weighted by atomic mass is 10.2. The summed E-state index contributed by atoms with van der Waals surface area (Å²) in [5, 5.41) is 2.75. The summed E-state index contributed by atoms with van der Waals surface area (Å²) in [5.41, 5.74) is 0.385. The molecule has 2 aromatic carbocycles. The molecule has 138 valence electrons. The fourth-order valence-corrected chi connectivity index (χ4v) is 2.36. The van der Waals surface area contributed by atoms with Gasteiger partial charge in [0.2, 0.25) is 0 Å². The van der Waals surface area contributed by atoms with Crippen LogP contribution >= 0.6 is 0 Å². The van der Waals surface area contributed by atoms with Gasteiger partial charge in [0.15, 0.2) is 0 Å². The summed E-state index contributed by atoms with van der Waals surface area (Å²) >= 11 is 0. The first-order valence-electron chi connectivity index (χ1n) is 8.04. The van der Waals surface area contributed by atoms with Gasteiger partial charge in [-0.3, -0.25) is 9.78 Å². The molecule has 27 heavy (non-hydrogen) atoms. The number of ether oxygens (including phenoxy) is 1. The van der Waals surface area contributed by atoms with Gasteiger partial charge in [-0.2, -0.15) is 13.2 Å². The van der Waals surface area contributed by atoms with Crippen LogP contribution in [-0.2, 0) is 12.7 Å². The van der Waals surface area contributed by atoms with Gasteiger partial charge in [-0.25, -0.2) is 0 Å². The van der Waals surface area contributed by atoms with Crippen molar-refractivity contribution in [2.75, 3.05) is 0 Å². The molecule has 1 aromatic heterocycles. The van der Waals surface area contributed by atoms with Gasteiger partial charge < -0.3 is 10.1 Å². The number of hydrogen-bond donors (Lipinski definition) is 1. The molecule has 0 fully saturated rings. The molecule has 0 aliphatic heterocycles. The molecule has 1 heterocycles. The summed E-state index contributed by atoms with van der Waals surface area (Å²) in [6.45, 7) is 0.311. The minimum Gasteiger partial charge on any atom is -0.457 e. The van der Waals surface area contributed by atoms with E-state index in [1.807, 2.05) is 6.07 Å². The second kappa shape index (κ2) is 7.90. The number of hydrogen-bond acceptors (Lipinski definition) is 3. The van der Waals surface area contributed by atoms with Gasteiger partial charge in [-0.1, -0.05) is 18.2 Å². The third-order valence-electron chi connectivity index (χ3n) is 3.67. The van der Waals surface area contributed by atoms with E-state index in [0.29, 0.717) is 12.1 Å². The maximum absolute atomic E-state index is 12.8. The molecule has 7 heteroatoms. The Labute approximate surface area is 153 Å². The SMILES string of the molecule is O=C(NCc1cccnc1)c1cccc(Oc2cccc(C(F)(F)F)c2)c1. The Morgan fingerprint density at radius 2 is 1.74 bits per heavy atom. The number of amides is 1. The van der Waals surface area contributed by atoms with Gasteiger partial charge >= 0.3 is 6.18 Å². The van der Waals surface area contributed by atoms with Crippen LogP contribution in [0.2, 0.25) is 0 Å². The van der Waals surface area contributed by atoms with Crippen LogP contribution in [0.4, 0.5) is 13.2 Å². The number of aromatic nitrogens is 1. The van der Waals surface area contributed by atoms with Crippen molar-refractivity contribution in [3.05, 3.63) is 89.7 Å². The molecule has 0 unspecified atom stereocenters. The van der Waals surface area contributed by atoms with Crippen molar-refractivity contribution >= 4 is 5.91 Å². The van der Waals surface area contributed by atoms with Crippen LogP contribution in [0.25, 0.3) is 0 Å². The highest BCUT2D eigenvalue weighted by molar-refractivity contribution is 5.94. The minimum absolute atomic E-state index is 0.0396. The van der Waals surface area contributed by atoms with E-state index in [0.717, 1.165) is 17.7 Å². The van der Waals surface area contributed by atoms with E-state index < -0.39 is 11.7 Å². The number of benzene rings is 2. The summed E-state index contributed by atoms with van der Waals surface area (Å²) < 4.78 is 43.8. The van der Waals surface area contributed by atoms with Gasteiger partial charge in [0.05, 0.1) is 5.56 Å². The zero-order valence-corrected chi connectivity index (χ0v) is 14.0. The third kappa shape index (κ3) is 5.07. The molecule has 0 spiro atoms. The standard InChI is InChI=1S/C20H15F3N2O2/c21-20(22,23)16-6-2-8-18(11-16)27-17-7-1-5-15(10-17)19(26)25-13-14-4-3-9-24-12-14/h1-12H,13H2,(H,25,26). The molecule has 3 aromatic rings. The normalized spacial score (nSPS) is 11.1. The van der Waals surface area contributed by atoms with Gasteiger partial charge in [-0.05, 0) is 48.0 Å². The number of pyridine rings is 1. The molecular weight excluding hydrogens is 357 g/mol. The predicted molar refractivity (Wildman–Crippen MR) is 93.4 cm³/mol. The number of alkyl halides is 3. The number of nitrogens with zero attached hydrogens (tertiary/aromatic N) is 1. The molecule has 1 N–H and O–H groups in total. The van der Waals surface area contributed by atoms with Crippen LogP contribution in [0.1, 0.15) is 21.5 Å². The molecular formula is C20H15F3N2O2. The number of rotatable bonds is 5. The molecule has 0 bridgehead atoms. The first-order chi connectivity index (χ1) is 12.9. The van der Waals surface area contributed by atoms with Crippen molar-refractivity contribution in [2.24, 2.45) is 0 Å². The maximum Gasteiger partial charge on any atom is 0.416 e. The van der Waals surface area contributed by atoms with Gasteiger partial charge in [0.1, 0.15) is 11.5 Å². The quantitative estimate of drug-likeness (QED) is 0.698. The monoisotopic (exact) mass is 372 g/mol. The van der Waals surface area contributed by atoms with E-state index in [-0.39, 0.29) is 17.4 Å². The lowest BCUT2D eigenvalue weighted by molar-refractivity contribution is -0.137. The fraction of sp³-hybridized carbons (Fsp3) is 0.100. The molecule has 0 aliphatic carbocycles. The highest BCUT2D eigenvalue weighted by atomic mass is 19.4. The van der Waals surface area contributed by atoms with Crippen LogP contribution in [0.15, 0.2) is 73.1 Å². The number of carbonyl (C=O) groups is 1. The summed E-state index contributed by atoms with van der Waals surface area (Å²) in [7, 11) is 0. The highest BCUT2D eigenvalue weighted by Gasteiger charge is 2.30. The second-order valence-electron chi connectivity index (χ2n) is 5.70. The lowest BCUT2D eigenvalue weighted by Gasteiger charge is -2.11. The molecule has 0 radical (unpaired) electrons. The Morgan fingerprint density at radius 1 is 1.00 bits per heavy atom. The molecule has 0 saturated carbocycles. The largest absolute Gasteiger partial charge is 0.457 e. The summed E-state index contributed by atoms with van der Waals surface area (Å²) in [4.78, 5) is 16.2. The van der Waals surface area contributed by atoms with E-state index in [9.17, 15) is 18.0 Å². The molecule has 0 aliphatic rings. The molecule has 0 atom stereocenters. The van der Waals surface area contributed by atoms with Crippen molar-refractivity contribution in [1.29, 1.82) is 0 Å². The van der Waals surface area contributed by atoms with Gasteiger partial charge in [-0.15, -0.1) is 0 Å². The van der Waals surface area contributed by atoms with Crippen LogP contribution in [0.3, 0.4) is 0 Å². The Hall–Kier alpha value is -3.35. The fourth-order valence-electron chi connectivity index (χ4n) is 2.36. The minimum atomic E-state index is -4.45. The zero-order chi connectivity index (χ0) is 19.3. The Morgan fingerprint density at radius 3 is 2.44 bits per heavy atom. The van der Waals surface area contributed by atoms with Crippen molar-refractivity contribution in [1.82, 2.24) is 10.3 Å². The summed E-state index contributed by atoms with van der Waals surface area (Å²) in [5.74, 6) is -0.0190.